The second-order valence-corrected chi connectivity index (χ2v) is 5.08. The van der Waals surface area contributed by atoms with Crippen LogP contribution in [0.2, 0.25) is 0 Å². The summed E-state index contributed by atoms with van der Waals surface area (Å²) >= 11 is 0. The van der Waals surface area contributed by atoms with E-state index in [1.165, 1.54) is 0 Å². The summed E-state index contributed by atoms with van der Waals surface area (Å²) in [4.78, 5) is 11.5. The van der Waals surface area contributed by atoms with Crippen LogP contribution in [0.15, 0.2) is 30.3 Å². The Morgan fingerprint density at radius 1 is 1.20 bits per heavy atom. The quantitative estimate of drug-likeness (QED) is 0.670. The lowest BCUT2D eigenvalue weighted by molar-refractivity contribution is -0.121. The molecule has 0 saturated carbocycles. The standard InChI is InChI=1S/C16H25NO3/c1-14(2)13-19-11-6-10-17-16(18)9-12-20-15-7-4-3-5-8-15/h3-5,7-8,14H,6,9-13H2,1-2H3,(H,17,18). The van der Waals surface area contributed by atoms with Crippen LogP contribution in [0.1, 0.15) is 26.7 Å². The van der Waals surface area contributed by atoms with Crippen LogP contribution in [-0.2, 0) is 9.53 Å². The lowest BCUT2D eigenvalue weighted by atomic mass is 10.2. The highest BCUT2D eigenvalue weighted by molar-refractivity contribution is 5.75. The Kier molecular flexibility index (Phi) is 8.47. The molecule has 0 saturated heterocycles. The highest BCUT2D eigenvalue weighted by atomic mass is 16.5. The average Bonchev–Trinajstić information content (AvgIpc) is 2.43. The van der Waals surface area contributed by atoms with Gasteiger partial charge in [0.15, 0.2) is 0 Å². The molecule has 0 fully saturated rings. The topological polar surface area (TPSA) is 47.6 Å². The molecule has 1 aromatic rings. The first-order valence-corrected chi connectivity index (χ1v) is 7.21. The normalized spacial score (nSPS) is 10.6. The SMILES string of the molecule is CC(C)COCCCNC(=O)CCOc1ccccc1. The van der Waals surface area contributed by atoms with Crippen LogP contribution in [0.5, 0.6) is 5.75 Å². The van der Waals surface area contributed by atoms with Crippen LogP contribution in [0.3, 0.4) is 0 Å². The molecule has 0 aliphatic carbocycles. The Morgan fingerprint density at radius 2 is 1.95 bits per heavy atom. The van der Waals surface area contributed by atoms with Crippen molar-refractivity contribution < 1.29 is 14.3 Å². The molecule has 0 spiro atoms. The van der Waals surface area contributed by atoms with Gasteiger partial charge < -0.3 is 14.8 Å². The van der Waals surface area contributed by atoms with Gasteiger partial charge in [-0.3, -0.25) is 4.79 Å². The molecule has 0 bridgehead atoms. The van der Waals surface area contributed by atoms with Crippen LogP contribution in [0.25, 0.3) is 0 Å². The van der Waals surface area contributed by atoms with Crippen molar-refractivity contribution >= 4 is 5.91 Å². The van der Waals surface area contributed by atoms with E-state index in [1.807, 2.05) is 30.3 Å². The highest BCUT2D eigenvalue weighted by Crippen LogP contribution is 2.08. The van der Waals surface area contributed by atoms with Crippen molar-refractivity contribution in [1.82, 2.24) is 5.32 Å². The summed E-state index contributed by atoms with van der Waals surface area (Å²) in [5.74, 6) is 1.37. The number of nitrogens with one attached hydrogen (secondary N) is 1. The van der Waals surface area contributed by atoms with E-state index in [1.54, 1.807) is 0 Å². The molecule has 1 amide bonds. The molecule has 0 radical (unpaired) electrons. The van der Waals surface area contributed by atoms with E-state index in [0.29, 0.717) is 32.1 Å². The molecule has 112 valence electrons. The van der Waals surface area contributed by atoms with Gasteiger partial charge in [0.1, 0.15) is 5.75 Å². The molecule has 0 heterocycles. The zero-order chi connectivity index (χ0) is 14.6. The lowest BCUT2D eigenvalue weighted by Gasteiger charge is -2.08. The number of para-hydroxylation sites is 1. The fourth-order valence-corrected chi connectivity index (χ4v) is 1.59. The third-order valence-electron chi connectivity index (χ3n) is 2.58. The third kappa shape index (κ3) is 8.53. The van der Waals surface area contributed by atoms with Crippen molar-refractivity contribution in [2.24, 2.45) is 5.92 Å². The average molecular weight is 279 g/mol. The summed E-state index contributed by atoms with van der Waals surface area (Å²) in [5, 5.41) is 2.86. The van der Waals surface area contributed by atoms with E-state index in [4.69, 9.17) is 9.47 Å². The largest absolute Gasteiger partial charge is 0.493 e. The predicted octanol–water partition coefficient (Wildman–Crippen LogP) is 2.63. The summed E-state index contributed by atoms with van der Waals surface area (Å²) in [5.41, 5.74) is 0. The molecule has 1 rings (SSSR count). The van der Waals surface area contributed by atoms with E-state index in [-0.39, 0.29) is 5.91 Å². The zero-order valence-corrected chi connectivity index (χ0v) is 12.4. The zero-order valence-electron chi connectivity index (χ0n) is 12.4. The maximum atomic E-state index is 11.5. The molecule has 0 aromatic heterocycles. The number of ether oxygens (including phenoxy) is 2. The summed E-state index contributed by atoms with van der Waals surface area (Å²) in [7, 11) is 0. The Morgan fingerprint density at radius 3 is 2.65 bits per heavy atom. The first-order valence-electron chi connectivity index (χ1n) is 7.21. The number of amides is 1. The Hall–Kier alpha value is -1.55. The van der Waals surface area contributed by atoms with Gasteiger partial charge in [0.2, 0.25) is 5.91 Å². The van der Waals surface area contributed by atoms with Gasteiger partial charge in [-0.15, -0.1) is 0 Å². The van der Waals surface area contributed by atoms with E-state index in [9.17, 15) is 4.79 Å². The highest BCUT2D eigenvalue weighted by Gasteiger charge is 2.01. The summed E-state index contributed by atoms with van der Waals surface area (Å²) < 4.78 is 10.9. The third-order valence-corrected chi connectivity index (χ3v) is 2.58. The molecule has 0 unspecified atom stereocenters. The van der Waals surface area contributed by atoms with Crippen molar-refractivity contribution in [2.45, 2.75) is 26.7 Å². The molecule has 0 aliphatic rings. The first-order chi connectivity index (χ1) is 9.68. The summed E-state index contributed by atoms with van der Waals surface area (Å²) in [6.45, 7) is 6.77. The molecular formula is C16H25NO3. The first kappa shape index (κ1) is 16.5. The fraction of sp³-hybridized carbons (Fsp3) is 0.562. The fourth-order valence-electron chi connectivity index (χ4n) is 1.59. The molecule has 4 heteroatoms. The van der Waals surface area contributed by atoms with Gasteiger partial charge >= 0.3 is 0 Å². The van der Waals surface area contributed by atoms with Gasteiger partial charge in [-0.05, 0) is 24.5 Å². The van der Waals surface area contributed by atoms with Gasteiger partial charge in [-0.2, -0.15) is 0 Å². The summed E-state index contributed by atoms with van der Waals surface area (Å²) in [6, 6.07) is 9.51. The van der Waals surface area contributed by atoms with E-state index in [2.05, 4.69) is 19.2 Å². The molecule has 0 atom stereocenters. The second-order valence-electron chi connectivity index (χ2n) is 5.08. The van der Waals surface area contributed by atoms with Crippen molar-refractivity contribution in [3.05, 3.63) is 30.3 Å². The molecular weight excluding hydrogens is 254 g/mol. The Bertz CT molecular complexity index is 365. The molecule has 1 aromatic carbocycles. The number of carbonyl (C=O) groups is 1. The van der Waals surface area contributed by atoms with E-state index < -0.39 is 0 Å². The van der Waals surface area contributed by atoms with E-state index in [0.717, 1.165) is 18.8 Å². The molecule has 1 N–H and O–H groups in total. The van der Waals surface area contributed by atoms with Crippen LogP contribution in [0.4, 0.5) is 0 Å². The number of hydrogen-bond donors (Lipinski definition) is 1. The second kappa shape index (κ2) is 10.3. The Labute approximate surface area is 121 Å². The number of benzene rings is 1. The van der Waals surface area contributed by atoms with E-state index >= 15 is 0 Å². The monoisotopic (exact) mass is 279 g/mol. The maximum absolute atomic E-state index is 11.5. The molecule has 20 heavy (non-hydrogen) atoms. The lowest BCUT2D eigenvalue weighted by Crippen LogP contribution is -2.26. The van der Waals surface area contributed by atoms with Crippen molar-refractivity contribution in [3.8, 4) is 5.75 Å². The van der Waals surface area contributed by atoms with Gasteiger partial charge in [-0.1, -0.05) is 32.0 Å². The predicted molar refractivity (Wildman–Crippen MR) is 79.8 cm³/mol. The molecule has 0 aliphatic heterocycles. The van der Waals surface area contributed by atoms with Gasteiger partial charge in [0.05, 0.1) is 13.0 Å². The minimum Gasteiger partial charge on any atom is -0.493 e. The van der Waals surface area contributed by atoms with Crippen LogP contribution in [-0.4, -0.2) is 32.3 Å². The number of rotatable bonds is 10. The summed E-state index contributed by atoms with van der Waals surface area (Å²) in [6.07, 6.45) is 1.22. The van der Waals surface area contributed by atoms with Gasteiger partial charge in [0, 0.05) is 19.8 Å². The van der Waals surface area contributed by atoms with Crippen molar-refractivity contribution in [2.75, 3.05) is 26.4 Å². The minimum atomic E-state index is 0.0183. The van der Waals surface area contributed by atoms with Crippen molar-refractivity contribution in [3.63, 3.8) is 0 Å². The maximum Gasteiger partial charge on any atom is 0.223 e. The Balaban J connectivity index is 1.95. The number of carbonyl (C=O) groups excluding carboxylic acids is 1. The molecule has 4 nitrogen and oxygen atoms in total. The van der Waals surface area contributed by atoms with Crippen LogP contribution in [0, 0.1) is 5.92 Å². The van der Waals surface area contributed by atoms with Gasteiger partial charge in [0.25, 0.3) is 0 Å². The van der Waals surface area contributed by atoms with Crippen molar-refractivity contribution in [1.29, 1.82) is 0 Å². The smallest absolute Gasteiger partial charge is 0.223 e. The number of hydrogen-bond acceptors (Lipinski definition) is 3. The van der Waals surface area contributed by atoms with Gasteiger partial charge in [-0.25, -0.2) is 0 Å². The van der Waals surface area contributed by atoms with Crippen LogP contribution < -0.4 is 10.1 Å². The van der Waals surface area contributed by atoms with Crippen LogP contribution >= 0.6 is 0 Å². The minimum absolute atomic E-state index is 0.0183.